The number of halogens is 1. The number of para-hydroxylation sites is 1. The molecule has 0 aromatic heterocycles. The summed E-state index contributed by atoms with van der Waals surface area (Å²) in [5, 5.41) is 23.4. The lowest BCUT2D eigenvalue weighted by Gasteiger charge is -2.13. The van der Waals surface area contributed by atoms with Crippen molar-refractivity contribution in [2.45, 2.75) is 6.92 Å². The number of anilines is 2. The van der Waals surface area contributed by atoms with Gasteiger partial charge in [0.05, 0.1) is 16.2 Å². The lowest BCUT2D eigenvalue weighted by molar-refractivity contribution is -0.383. The van der Waals surface area contributed by atoms with Crippen LogP contribution in [0.5, 0.6) is 0 Å². The molecule has 0 unspecified atom stereocenters. The molecule has 0 spiro atoms. The van der Waals surface area contributed by atoms with Gasteiger partial charge < -0.3 is 10.4 Å². The standard InChI is InChI=1S/C14H11ClN2O4/c1-8-10(15)6-7-12(17(20)21)13(8)16-11-5-3-2-4-9(11)14(18)19/h2-7,16H,1H3,(H,18,19). The first-order chi connectivity index (χ1) is 9.91. The molecule has 0 heterocycles. The Kier molecular flexibility index (Phi) is 4.09. The molecule has 21 heavy (non-hydrogen) atoms. The second-order valence-corrected chi connectivity index (χ2v) is 4.71. The van der Waals surface area contributed by atoms with Crippen LogP contribution < -0.4 is 5.32 Å². The van der Waals surface area contributed by atoms with Crippen LogP contribution in [0, 0.1) is 17.0 Å². The van der Waals surface area contributed by atoms with Crippen LogP contribution in [-0.4, -0.2) is 16.0 Å². The van der Waals surface area contributed by atoms with E-state index in [1.54, 1.807) is 19.1 Å². The molecule has 2 aromatic rings. The number of nitrogens with one attached hydrogen (secondary N) is 1. The zero-order valence-corrected chi connectivity index (χ0v) is 11.7. The minimum atomic E-state index is -1.12. The van der Waals surface area contributed by atoms with E-state index in [1.165, 1.54) is 24.3 Å². The summed E-state index contributed by atoms with van der Waals surface area (Å²) >= 11 is 5.98. The van der Waals surface area contributed by atoms with Crippen molar-refractivity contribution in [2.75, 3.05) is 5.32 Å². The highest BCUT2D eigenvalue weighted by Gasteiger charge is 2.20. The Hall–Kier alpha value is -2.60. The largest absolute Gasteiger partial charge is 0.478 e. The summed E-state index contributed by atoms with van der Waals surface area (Å²) in [7, 11) is 0. The Morgan fingerprint density at radius 3 is 2.57 bits per heavy atom. The zero-order valence-electron chi connectivity index (χ0n) is 11.0. The summed E-state index contributed by atoms with van der Waals surface area (Å²) < 4.78 is 0. The fraction of sp³-hybridized carbons (Fsp3) is 0.0714. The van der Waals surface area contributed by atoms with E-state index in [1.807, 2.05) is 0 Å². The molecule has 0 fully saturated rings. The molecule has 0 aliphatic rings. The second-order valence-electron chi connectivity index (χ2n) is 4.30. The second kappa shape index (κ2) is 5.80. The van der Waals surface area contributed by atoms with Gasteiger partial charge in [-0.3, -0.25) is 10.1 Å². The molecule has 7 heteroatoms. The average Bonchev–Trinajstić information content (AvgIpc) is 2.44. The highest BCUT2D eigenvalue weighted by Crippen LogP contribution is 2.35. The molecule has 0 saturated carbocycles. The molecule has 0 atom stereocenters. The maximum absolute atomic E-state index is 11.2. The first kappa shape index (κ1) is 14.8. The van der Waals surface area contributed by atoms with Crippen LogP contribution in [0.4, 0.5) is 17.1 Å². The number of aromatic carboxylic acids is 1. The first-order valence-electron chi connectivity index (χ1n) is 5.94. The van der Waals surface area contributed by atoms with Gasteiger partial charge in [-0.15, -0.1) is 0 Å². The predicted octanol–water partition coefficient (Wildman–Crippen LogP) is 4.00. The van der Waals surface area contributed by atoms with Crippen molar-refractivity contribution in [1.82, 2.24) is 0 Å². The van der Waals surface area contributed by atoms with Crippen molar-refractivity contribution in [3.05, 3.63) is 62.7 Å². The van der Waals surface area contributed by atoms with Crippen molar-refractivity contribution in [1.29, 1.82) is 0 Å². The monoisotopic (exact) mass is 306 g/mol. The normalized spacial score (nSPS) is 10.2. The summed E-state index contributed by atoms with van der Waals surface area (Å²) in [5.41, 5.74) is 0.772. The van der Waals surface area contributed by atoms with Gasteiger partial charge >= 0.3 is 5.97 Å². The molecule has 0 aliphatic carbocycles. The topological polar surface area (TPSA) is 92.5 Å². The lowest BCUT2D eigenvalue weighted by atomic mass is 10.1. The van der Waals surface area contributed by atoms with Crippen LogP contribution >= 0.6 is 11.6 Å². The van der Waals surface area contributed by atoms with Gasteiger partial charge in [0.1, 0.15) is 5.69 Å². The number of carbonyl (C=O) groups is 1. The number of nitrogens with zero attached hydrogens (tertiary/aromatic N) is 1. The quantitative estimate of drug-likeness (QED) is 0.658. The van der Waals surface area contributed by atoms with Crippen molar-refractivity contribution < 1.29 is 14.8 Å². The maximum atomic E-state index is 11.2. The molecular formula is C14H11ClN2O4. The Balaban J connectivity index is 2.57. The van der Waals surface area contributed by atoms with Gasteiger partial charge in [-0.1, -0.05) is 23.7 Å². The first-order valence-corrected chi connectivity index (χ1v) is 6.32. The zero-order chi connectivity index (χ0) is 15.6. The molecule has 108 valence electrons. The summed E-state index contributed by atoms with van der Waals surface area (Å²) in [6.45, 7) is 1.63. The number of carboxylic acid groups (broad SMARTS) is 1. The molecule has 0 aliphatic heterocycles. The van der Waals surface area contributed by atoms with Crippen LogP contribution in [0.3, 0.4) is 0 Å². The van der Waals surface area contributed by atoms with E-state index in [9.17, 15) is 14.9 Å². The number of hydrogen-bond acceptors (Lipinski definition) is 4. The molecule has 0 bridgehead atoms. The number of hydrogen-bond donors (Lipinski definition) is 2. The highest BCUT2D eigenvalue weighted by atomic mass is 35.5. The van der Waals surface area contributed by atoms with Gasteiger partial charge in [0, 0.05) is 11.1 Å². The molecule has 6 nitrogen and oxygen atoms in total. The van der Waals surface area contributed by atoms with E-state index in [-0.39, 0.29) is 22.6 Å². The lowest BCUT2D eigenvalue weighted by Crippen LogP contribution is -2.05. The third-order valence-corrected chi connectivity index (χ3v) is 3.40. The van der Waals surface area contributed by atoms with Crippen molar-refractivity contribution in [3.63, 3.8) is 0 Å². The minimum absolute atomic E-state index is 0.0196. The number of rotatable bonds is 4. The van der Waals surface area contributed by atoms with Crippen molar-refractivity contribution >= 4 is 34.6 Å². The molecule has 2 rings (SSSR count). The minimum Gasteiger partial charge on any atom is -0.478 e. The van der Waals surface area contributed by atoms with Crippen LogP contribution in [0.2, 0.25) is 5.02 Å². The molecular weight excluding hydrogens is 296 g/mol. The van der Waals surface area contributed by atoms with Gasteiger partial charge in [0.25, 0.3) is 5.69 Å². The SMILES string of the molecule is Cc1c(Cl)ccc([N+](=O)[O-])c1Nc1ccccc1C(=O)O. The Morgan fingerprint density at radius 2 is 1.95 bits per heavy atom. The number of carboxylic acids is 1. The highest BCUT2D eigenvalue weighted by molar-refractivity contribution is 6.32. The van der Waals surface area contributed by atoms with Crippen LogP contribution in [-0.2, 0) is 0 Å². The van der Waals surface area contributed by atoms with Gasteiger partial charge in [0.15, 0.2) is 0 Å². The molecule has 0 saturated heterocycles. The van der Waals surface area contributed by atoms with Crippen molar-refractivity contribution in [2.24, 2.45) is 0 Å². The third-order valence-electron chi connectivity index (χ3n) is 2.99. The van der Waals surface area contributed by atoms with Gasteiger partial charge in [0.2, 0.25) is 0 Å². The molecule has 2 N–H and O–H groups in total. The van der Waals surface area contributed by atoms with E-state index in [0.29, 0.717) is 10.6 Å². The fourth-order valence-corrected chi connectivity index (χ4v) is 2.05. The predicted molar refractivity (Wildman–Crippen MR) is 79.5 cm³/mol. The summed E-state index contributed by atoms with van der Waals surface area (Å²) in [4.78, 5) is 21.7. The Labute approximate surface area is 125 Å². The van der Waals surface area contributed by atoms with E-state index < -0.39 is 10.9 Å². The number of nitro benzene ring substituents is 1. The summed E-state index contributed by atoms with van der Waals surface area (Å²) in [6.07, 6.45) is 0. The number of benzene rings is 2. The summed E-state index contributed by atoms with van der Waals surface area (Å²) in [6, 6.07) is 8.88. The third kappa shape index (κ3) is 2.95. The van der Waals surface area contributed by atoms with Crippen molar-refractivity contribution in [3.8, 4) is 0 Å². The Bertz CT molecular complexity index is 731. The van der Waals surface area contributed by atoms with E-state index in [2.05, 4.69) is 5.32 Å². The van der Waals surface area contributed by atoms with E-state index in [0.717, 1.165) is 0 Å². The average molecular weight is 307 g/mol. The van der Waals surface area contributed by atoms with Crippen LogP contribution in [0.25, 0.3) is 0 Å². The summed E-state index contributed by atoms with van der Waals surface area (Å²) in [5.74, 6) is -1.12. The fourth-order valence-electron chi connectivity index (χ4n) is 1.90. The smallest absolute Gasteiger partial charge is 0.337 e. The molecule has 0 amide bonds. The number of nitro groups is 1. The van der Waals surface area contributed by atoms with Gasteiger partial charge in [-0.25, -0.2) is 4.79 Å². The molecule has 2 aromatic carbocycles. The molecule has 0 radical (unpaired) electrons. The van der Waals surface area contributed by atoms with E-state index >= 15 is 0 Å². The van der Waals surface area contributed by atoms with Gasteiger partial charge in [-0.05, 0) is 30.7 Å². The maximum Gasteiger partial charge on any atom is 0.337 e. The van der Waals surface area contributed by atoms with E-state index in [4.69, 9.17) is 16.7 Å². The van der Waals surface area contributed by atoms with Crippen LogP contribution in [0.1, 0.15) is 15.9 Å². The van der Waals surface area contributed by atoms with Gasteiger partial charge in [-0.2, -0.15) is 0 Å². The Morgan fingerprint density at radius 1 is 1.29 bits per heavy atom. The van der Waals surface area contributed by atoms with Crippen LogP contribution in [0.15, 0.2) is 36.4 Å².